The molecule has 0 aromatic heterocycles. The van der Waals surface area contributed by atoms with Crippen molar-refractivity contribution in [2.45, 2.75) is 89.9 Å². The van der Waals surface area contributed by atoms with Crippen LogP contribution in [0.5, 0.6) is 0 Å². The van der Waals surface area contributed by atoms with Gasteiger partial charge < -0.3 is 0 Å². The van der Waals surface area contributed by atoms with E-state index in [4.69, 9.17) is 0 Å². The molecule has 3 aliphatic carbocycles. The van der Waals surface area contributed by atoms with Crippen LogP contribution in [0.3, 0.4) is 0 Å². The van der Waals surface area contributed by atoms with E-state index in [2.05, 4.69) is 37.8 Å². The normalized spacial score (nSPS) is 36.8. The summed E-state index contributed by atoms with van der Waals surface area (Å²) in [5.74, 6) is 6.03. The van der Waals surface area contributed by atoms with Gasteiger partial charge >= 0.3 is 0 Å². The Balaban J connectivity index is 1.30. The first kappa shape index (κ1) is 19.3. The number of hydrogen-bond donors (Lipinski definition) is 0. The van der Waals surface area contributed by atoms with Gasteiger partial charge in [0.15, 0.2) is 0 Å². The second-order valence-electron chi connectivity index (χ2n) is 10.2. The van der Waals surface area contributed by atoms with E-state index in [0.717, 1.165) is 48.3 Å². The van der Waals surface area contributed by atoms with Gasteiger partial charge in [-0.3, -0.25) is 0 Å². The van der Waals surface area contributed by atoms with Crippen LogP contribution in [0.2, 0.25) is 0 Å². The summed E-state index contributed by atoms with van der Waals surface area (Å²) >= 11 is 0. The minimum absolute atomic E-state index is 0.826. The van der Waals surface area contributed by atoms with Crippen molar-refractivity contribution in [1.82, 2.24) is 0 Å². The maximum Gasteiger partial charge on any atom is -0.0159 e. The number of hydrogen-bond acceptors (Lipinski definition) is 0. The van der Waals surface area contributed by atoms with Gasteiger partial charge in [0.1, 0.15) is 0 Å². The molecule has 4 unspecified atom stereocenters. The Kier molecular flexibility index (Phi) is 6.41. The van der Waals surface area contributed by atoms with Crippen molar-refractivity contribution in [2.75, 3.05) is 0 Å². The quantitative estimate of drug-likeness (QED) is 0.465. The van der Waals surface area contributed by atoms with Gasteiger partial charge in [-0.15, -0.1) is 6.58 Å². The van der Waals surface area contributed by atoms with Gasteiger partial charge in [0, 0.05) is 0 Å². The van der Waals surface area contributed by atoms with Gasteiger partial charge in [-0.25, -0.2) is 0 Å². The van der Waals surface area contributed by atoms with Crippen LogP contribution in [-0.2, 0) is 6.42 Å². The van der Waals surface area contributed by atoms with E-state index in [1.54, 1.807) is 12.0 Å². The zero-order chi connectivity index (χ0) is 18.6. The molecule has 0 saturated heterocycles. The fraction of sp³-hybridized carbons (Fsp3) is 0.704. The summed E-state index contributed by atoms with van der Waals surface area (Å²) in [6, 6.07) is 9.59. The second kappa shape index (κ2) is 8.97. The van der Waals surface area contributed by atoms with Gasteiger partial charge in [-0.2, -0.15) is 0 Å². The molecule has 27 heavy (non-hydrogen) atoms. The molecule has 0 heterocycles. The first-order chi connectivity index (χ1) is 13.2. The summed E-state index contributed by atoms with van der Waals surface area (Å²) in [4.78, 5) is 0. The summed E-state index contributed by atoms with van der Waals surface area (Å²) in [7, 11) is 0. The molecule has 1 aromatic rings. The predicted molar refractivity (Wildman–Crippen MR) is 117 cm³/mol. The van der Waals surface area contributed by atoms with Crippen molar-refractivity contribution < 1.29 is 0 Å². The Hall–Kier alpha value is -1.04. The van der Waals surface area contributed by atoms with Crippen molar-refractivity contribution in [3.05, 3.63) is 48.0 Å². The molecule has 0 spiro atoms. The lowest BCUT2D eigenvalue weighted by atomic mass is 9.60. The molecule has 0 aliphatic heterocycles. The van der Waals surface area contributed by atoms with E-state index in [-0.39, 0.29) is 0 Å². The fourth-order valence-corrected chi connectivity index (χ4v) is 6.64. The molecular weight excluding hydrogens is 324 g/mol. The van der Waals surface area contributed by atoms with Crippen LogP contribution in [0.1, 0.15) is 94.6 Å². The third kappa shape index (κ3) is 4.69. The third-order valence-corrected chi connectivity index (χ3v) is 8.47. The van der Waals surface area contributed by atoms with Crippen LogP contribution in [0.4, 0.5) is 0 Å². The topological polar surface area (TPSA) is 0 Å². The second-order valence-corrected chi connectivity index (χ2v) is 10.2. The maximum atomic E-state index is 3.84. The first-order valence-electron chi connectivity index (χ1n) is 11.9. The SMILES string of the molecule is C=CCCc1ccc(C2CCC3CC(C4CCC(C)CC4)CCC3C2)cc1. The first-order valence-corrected chi connectivity index (χ1v) is 11.9. The molecule has 0 amide bonds. The zero-order valence-electron chi connectivity index (χ0n) is 17.5. The van der Waals surface area contributed by atoms with Crippen molar-refractivity contribution in [3.8, 4) is 0 Å². The van der Waals surface area contributed by atoms with Crippen LogP contribution in [-0.4, -0.2) is 0 Å². The highest BCUT2D eigenvalue weighted by atomic mass is 14.4. The lowest BCUT2D eigenvalue weighted by Crippen LogP contribution is -2.34. The summed E-state index contributed by atoms with van der Waals surface area (Å²) in [6.45, 7) is 6.30. The van der Waals surface area contributed by atoms with Gasteiger partial charge in [-0.1, -0.05) is 50.1 Å². The maximum absolute atomic E-state index is 3.84. The predicted octanol–water partition coefficient (Wildman–Crippen LogP) is 7.93. The Labute approximate surface area is 167 Å². The molecule has 0 radical (unpaired) electrons. The molecule has 4 atom stereocenters. The summed E-state index contributed by atoms with van der Waals surface area (Å²) < 4.78 is 0. The number of benzene rings is 1. The molecule has 1 aromatic carbocycles. The summed E-state index contributed by atoms with van der Waals surface area (Å²) in [6.07, 6.45) is 19.3. The van der Waals surface area contributed by atoms with Crippen LogP contribution >= 0.6 is 0 Å². The Morgan fingerprint density at radius 2 is 1.37 bits per heavy atom. The van der Waals surface area contributed by atoms with E-state index < -0.39 is 0 Å². The van der Waals surface area contributed by atoms with E-state index in [1.165, 1.54) is 63.4 Å². The lowest BCUT2D eigenvalue weighted by Gasteiger charge is -2.45. The Morgan fingerprint density at radius 3 is 2.07 bits per heavy atom. The molecule has 0 N–H and O–H groups in total. The number of fused-ring (bicyclic) bond motifs is 1. The minimum Gasteiger partial charge on any atom is -0.103 e. The summed E-state index contributed by atoms with van der Waals surface area (Å²) in [5, 5.41) is 0. The molecule has 3 saturated carbocycles. The van der Waals surface area contributed by atoms with E-state index in [0.29, 0.717) is 0 Å². The number of allylic oxidation sites excluding steroid dienone is 1. The highest BCUT2D eigenvalue weighted by Crippen LogP contribution is 2.50. The molecule has 3 fully saturated rings. The van der Waals surface area contributed by atoms with Crippen molar-refractivity contribution in [3.63, 3.8) is 0 Å². The molecule has 0 heteroatoms. The van der Waals surface area contributed by atoms with Crippen LogP contribution < -0.4 is 0 Å². The van der Waals surface area contributed by atoms with Crippen LogP contribution in [0, 0.1) is 29.6 Å². The smallest absolute Gasteiger partial charge is 0.0159 e. The zero-order valence-corrected chi connectivity index (χ0v) is 17.5. The molecule has 148 valence electrons. The van der Waals surface area contributed by atoms with E-state index >= 15 is 0 Å². The molecular formula is C27H40. The molecule has 0 nitrogen and oxygen atoms in total. The fourth-order valence-electron chi connectivity index (χ4n) is 6.64. The van der Waals surface area contributed by atoms with E-state index in [9.17, 15) is 0 Å². The average Bonchev–Trinajstić information content (AvgIpc) is 2.72. The van der Waals surface area contributed by atoms with Crippen molar-refractivity contribution in [2.24, 2.45) is 29.6 Å². The van der Waals surface area contributed by atoms with Crippen LogP contribution in [0.15, 0.2) is 36.9 Å². The standard InChI is InChI=1S/C27H40/c1-3-4-5-21-8-12-23(13-9-21)25-15-17-26-18-24(14-16-27(26)19-25)22-10-6-20(2)7-11-22/h3,8-9,12-13,20,22,24-27H,1,4-7,10-11,14-19H2,2H3. The number of rotatable bonds is 5. The van der Waals surface area contributed by atoms with Crippen molar-refractivity contribution in [1.29, 1.82) is 0 Å². The molecule has 4 rings (SSSR count). The van der Waals surface area contributed by atoms with Crippen LogP contribution in [0.25, 0.3) is 0 Å². The monoisotopic (exact) mass is 364 g/mol. The third-order valence-electron chi connectivity index (χ3n) is 8.47. The van der Waals surface area contributed by atoms with Gasteiger partial charge in [-0.05, 0) is 111 Å². The van der Waals surface area contributed by atoms with Gasteiger partial charge in [0.25, 0.3) is 0 Å². The highest BCUT2D eigenvalue weighted by Gasteiger charge is 2.38. The van der Waals surface area contributed by atoms with E-state index in [1.807, 2.05) is 6.08 Å². The minimum atomic E-state index is 0.826. The molecule has 3 aliphatic rings. The number of aryl methyl sites for hydroxylation is 1. The Morgan fingerprint density at radius 1 is 0.778 bits per heavy atom. The van der Waals surface area contributed by atoms with Crippen molar-refractivity contribution >= 4 is 0 Å². The highest BCUT2D eigenvalue weighted by molar-refractivity contribution is 5.26. The average molecular weight is 365 g/mol. The lowest BCUT2D eigenvalue weighted by molar-refractivity contribution is 0.0732. The molecule has 0 bridgehead atoms. The van der Waals surface area contributed by atoms with Gasteiger partial charge in [0.2, 0.25) is 0 Å². The summed E-state index contributed by atoms with van der Waals surface area (Å²) in [5.41, 5.74) is 3.08. The largest absolute Gasteiger partial charge is 0.103 e. The van der Waals surface area contributed by atoms with Gasteiger partial charge in [0.05, 0.1) is 0 Å². The Bertz CT molecular complexity index is 589.